The number of carbonyl (C=O) groups excluding carboxylic acids is 1. The minimum atomic E-state index is -0.510. The normalized spacial score (nSPS) is 11.1. The Bertz CT molecular complexity index is 344. The average Bonchev–Trinajstić information content (AvgIpc) is 2.02. The molecule has 0 aliphatic heterocycles. The van der Waals surface area contributed by atoms with E-state index >= 15 is 0 Å². The van der Waals surface area contributed by atoms with Crippen LogP contribution in [0.2, 0.25) is 0 Å². The molecule has 1 aromatic heterocycles. The Labute approximate surface area is 91.6 Å². The number of carbonyl (C=O) groups is 1. The molecule has 0 amide bonds. The second-order valence-corrected chi connectivity index (χ2v) is 4.87. The van der Waals surface area contributed by atoms with Crippen LogP contribution in [0.4, 0.5) is 0 Å². The highest BCUT2D eigenvalue weighted by molar-refractivity contribution is 9.10. The van der Waals surface area contributed by atoms with E-state index in [0.717, 1.165) is 4.47 Å². The zero-order valence-electron chi connectivity index (χ0n) is 8.37. The van der Waals surface area contributed by atoms with Gasteiger partial charge in [0.1, 0.15) is 0 Å². The van der Waals surface area contributed by atoms with Gasteiger partial charge in [-0.2, -0.15) is 0 Å². The lowest BCUT2D eigenvalue weighted by Gasteiger charge is -2.15. The standard InChI is InChI=1S/C10H12BrNO2/c1-10(2,3)9(13)14-8-6-7(11)4-5-12-8/h4-6H,1-3H3. The van der Waals surface area contributed by atoms with Crippen LogP contribution < -0.4 is 4.74 Å². The van der Waals surface area contributed by atoms with Crippen LogP contribution >= 0.6 is 15.9 Å². The number of hydrogen-bond acceptors (Lipinski definition) is 3. The van der Waals surface area contributed by atoms with Crippen molar-refractivity contribution >= 4 is 21.9 Å². The Balaban J connectivity index is 2.75. The molecule has 14 heavy (non-hydrogen) atoms. The zero-order valence-corrected chi connectivity index (χ0v) is 9.96. The molecule has 0 saturated heterocycles. The van der Waals surface area contributed by atoms with Crippen LogP contribution in [-0.2, 0) is 4.79 Å². The van der Waals surface area contributed by atoms with Crippen LogP contribution in [-0.4, -0.2) is 11.0 Å². The van der Waals surface area contributed by atoms with Crippen LogP contribution in [0.3, 0.4) is 0 Å². The summed E-state index contributed by atoms with van der Waals surface area (Å²) in [6.07, 6.45) is 1.58. The van der Waals surface area contributed by atoms with Gasteiger partial charge in [-0.25, -0.2) is 4.98 Å². The number of esters is 1. The van der Waals surface area contributed by atoms with E-state index in [9.17, 15) is 4.79 Å². The third kappa shape index (κ3) is 3.10. The third-order valence-corrected chi connectivity index (χ3v) is 2.00. The highest BCUT2D eigenvalue weighted by Crippen LogP contribution is 2.19. The van der Waals surface area contributed by atoms with Gasteiger partial charge in [-0.3, -0.25) is 4.79 Å². The van der Waals surface area contributed by atoms with Crippen molar-refractivity contribution in [1.29, 1.82) is 0 Å². The van der Waals surface area contributed by atoms with Gasteiger partial charge in [-0.1, -0.05) is 15.9 Å². The van der Waals surface area contributed by atoms with Crippen LogP contribution in [0.15, 0.2) is 22.8 Å². The minimum Gasteiger partial charge on any atom is -0.407 e. The van der Waals surface area contributed by atoms with E-state index in [1.165, 1.54) is 0 Å². The van der Waals surface area contributed by atoms with E-state index in [-0.39, 0.29) is 5.97 Å². The summed E-state index contributed by atoms with van der Waals surface area (Å²) in [4.78, 5) is 15.4. The van der Waals surface area contributed by atoms with Crippen LogP contribution in [0.25, 0.3) is 0 Å². The summed E-state index contributed by atoms with van der Waals surface area (Å²) < 4.78 is 5.92. The lowest BCUT2D eigenvalue weighted by molar-refractivity contribution is -0.143. The van der Waals surface area contributed by atoms with Gasteiger partial charge in [-0.15, -0.1) is 0 Å². The second kappa shape index (κ2) is 4.09. The minimum absolute atomic E-state index is 0.289. The maximum absolute atomic E-state index is 11.5. The van der Waals surface area contributed by atoms with E-state index < -0.39 is 5.41 Å². The summed E-state index contributed by atoms with van der Waals surface area (Å²) in [6.45, 7) is 5.40. The summed E-state index contributed by atoms with van der Waals surface area (Å²) in [5, 5.41) is 0. The van der Waals surface area contributed by atoms with Crippen molar-refractivity contribution < 1.29 is 9.53 Å². The van der Waals surface area contributed by atoms with Crippen LogP contribution in [0, 0.1) is 5.41 Å². The van der Waals surface area contributed by atoms with Gasteiger partial charge in [0, 0.05) is 16.7 Å². The van der Waals surface area contributed by atoms with Gasteiger partial charge in [0.25, 0.3) is 0 Å². The molecule has 0 unspecified atom stereocenters. The predicted molar refractivity (Wildman–Crippen MR) is 57.0 cm³/mol. The molecule has 1 heterocycles. The molecule has 0 radical (unpaired) electrons. The number of ether oxygens (including phenoxy) is 1. The lowest BCUT2D eigenvalue weighted by atomic mass is 9.97. The molecular formula is C10H12BrNO2. The Morgan fingerprint density at radius 3 is 2.64 bits per heavy atom. The van der Waals surface area contributed by atoms with Gasteiger partial charge in [0.2, 0.25) is 5.88 Å². The summed E-state index contributed by atoms with van der Waals surface area (Å²) in [5.74, 6) is 0.0300. The molecule has 0 aliphatic carbocycles. The molecule has 0 N–H and O–H groups in total. The predicted octanol–water partition coefficient (Wildman–Crippen LogP) is 2.80. The number of aromatic nitrogens is 1. The van der Waals surface area contributed by atoms with Crippen molar-refractivity contribution in [1.82, 2.24) is 4.98 Å². The fourth-order valence-corrected chi connectivity index (χ4v) is 1.00. The van der Waals surface area contributed by atoms with E-state index in [0.29, 0.717) is 5.88 Å². The third-order valence-electron chi connectivity index (χ3n) is 1.51. The van der Waals surface area contributed by atoms with Crippen molar-refractivity contribution in [2.75, 3.05) is 0 Å². The van der Waals surface area contributed by atoms with Crippen LogP contribution in [0.5, 0.6) is 5.88 Å². The smallest absolute Gasteiger partial charge is 0.317 e. The van der Waals surface area contributed by atoms with Crippen molar-refractivity contribution in [2.45, 2.75) is 20.8 Å². The Morgan fingerprint density at radius 2 is 2.14 bits per heavy atom. The molecule has 0 fully saturated rings. The SMILES string of the molecule is CC(C)(C)C(=O)Oc1cc(Br)ccn1. The topological polar surface area (TPSA) is 39.2 Å². The molecule has 4 heteroatoms. The quantitative estimate of drug-likeness (QED) is 0.727. The van der Waals surface area contributed by atoms with Gasteiger partial charge in [0.15, 0.2) is 0 Å². The zero-order chi connectivity index (χ0) is 10.8. The molecular weight excluding hydrogens is 246 g/mol. The first-order valence-corrected chi connectivity index (χ1v) is 5.03. The van der Waals surface area contributed by atoms with Gasteiger partial charge in [0.05, 0.1) is 5.41 Å². The van der Waals surface area contributed by atoms with Crippen molar-refractivity contribution in [3.05, 3.63) is 22.8 Å². The van der Waals surface area contributed by atoms with E-state index in [1.54, 1.807) is 39.1 Å². The average molecular weight is 258 g/mol. The maximum atomic E-state index is 11.5. The molecule has 1 aromatic rings. The van der Waals surface area contributed by atoms with E-state index in [4.69, 9.17) is 4.74 Å². The van der Waals surface area contributed by atoms with Gasteiger partial charge in [-0.05, 0) is 26.8 Å². The molecule has 0 aliphatic rings. The molecule has 0 atom stereocenters. The second-order valence-electron chi connectivity index (χ2n) is 3.95. The maximum Gasteiger partial charge on any atom is 0.317 e. The van der Waals surface area contributed by atoms with Gasteiger partial charge < -0.3 is 4.74 Å². The summed E-state index contributed by atoms with van der Waals surface area (Å²) in [6, 6.07) is 3.43. The fourth-order valence-electron chi connectivity index (χ4n) is 0.689. The van der Waals surface area contributed by atoms with E-state index in [2.05, 4.69) is 20.9 Å². The number of halogens is 1. The highest BCUT2D eigenvalue weighted by Gasteiger charge is 2.24. The van der Waals surface area contributed by atoms with Crippen molar-refractivity contribution in [3.8, 4) is 5.88 Å². The number of hydrogen-bond donors (Lipinski definition) is 0. The first-order chi connectivity index (χ1) is 6.39. The Morgan fingerprint density at radius 1 is 1.50 bits per heavy atom. The fraction of sp³-hybridized carbons (Fsp3) is 0.400. The van der Waals surface area contributed by atoms with E-state index in [1.807, 2.05) is 0 Å². The lowest BCUT2D eigenvalue weighted by Crippen LogP contribution is -2.25. The largest absolute Gasteiger partial charge is 0.407 e. The molecule has 76 valence electrons. The molecule has 0 saturated carbocycles. The summed E-state index contributed by atoms with van der Waals surface area (Å²) >= 11 is 3.27. The summed E-state index contributed by atoms with van der Waals surface area (Å²) in [7, 11) is 0. The molecule has 0 aromatic carbocycles. The number of nitrogens with zero attached hydrogens (tertiary/aromatic N) is 1. The monoisotopic (exact) mass is 257 g/mol. The molecule has 0 spiro atoms. The Kier molecular flexibility index (Phi) is 3.26. The van der Waals surface area contributed by atoms with Gasteiger partial charge >= 0.3 is 5.97 Å². The van der Waals surface area contributed by atoms with Crippen LogP contribution in [0.1, 0.15) is 20.8 Å². The number of pyridine rings is 1. The highest BCUT2D eigenvalue weighted by atomic mass is 79.9. The summed E-state index contributed by atoms with van der Waals surface area (Å²) in [5.41, 5.74) is -0.510. The molecule has 3 nitrogen and oxygen atoms in total. The first-order valence-electron chi connectivity index (χ1n) is 4.23. The molecule has 0 bridgehead atoms. The van der Waals surface area contributed by atoms with Crippen molar-refractivity contribution in [3.63, 3.8) is 0 Å². The first kappa shape index (κ1) is 11.2. The van der Waals surface area contributed by atoms with Crippen molar-refractivity contribution in [2.24, 2.45) is 5.41 Å². The number of rotatable bonds is 1. The molecule has 1 rings (SSSR count). The Hall–Kier alpha value is -0.900.